The van der Waals surface area contributed by atoms with E-state index in [2.05, 4.69) is 0 Å². The van der Waals surface area contributed by atoms with E-state index in [0.717, 1.165) is 17.7 Å². The summed E-state index contributed by atoms with van der Waals surface area (Å²) in [6.07, 6.45) is -0.143. The highest BCUT2D eigenvalue weighted by atomic mass is 16.5. The van der Waals surface area contributed by atoms with Crippen molar-refractivity contribution in [3.63, 3.8) is 0 Å². The van der Waals surface area contributed by atoms with Gasteiger partial charge in [0.2, 0.25) is 0 Å². The van der Waals surface area contributed by atoms with Gasteiger partial charge < -0.3 is 19.5 Å². The Labute approximate surface area is 106 Å². The maximum Gasteiger partial charge on any atom is 0.407 e. The van der Waals surface area contributed by atoms with Crippen molar-refractivity contribution < 1.29 is 19.4 Å². The van der Waals surface area contributed by atoms with Crippen LogP contribution in [0.4, 0.5) is 4.79 Å². The van der Waals surface area contributed by atoms with Crippen molar-refractivity contribution >= 4 is 6.09 Å². The average Bonchev–Trinajstić information content (AvgIpc) is 2.38. The third-order valence-electron chi connectivity index (χ3n) is 3.05. The minimum atomic E-state index is -0.882. The Morgan fingerprint density at radius 2 is 2.28 bits per heavy atom. The van der Waals surface area contributed by atoms with Gasteiger partial charge in [-0.2, -0.15) is 0 Å². The molecule has 18 heavy (non-hydrogen) atoms. The molecule has 98 valence electrons. The fourth-order valence-electron chi connectivity index (χ4n) is 2.08. The fourth-order valence-corrected chi connectivity index (χ4v) is 2.08. The van der Waals surface area contributed by atoms with Crippen LogP contribution in [0.5, 0.6) is 5.75 Å². The number of carboxylic acid groups (broad SMARTS) is 1. The first kappa shape index (κ1) is 12.7. The summed E-state index contributed by atoms with van der Waals surface area (Å²) >= 11 is 0. The second-order valence-corrected chi connectivity index (χ2v) is 4.19. The Balaban J connectivity index is 2.15. The molecule has 1 aliphatic rings. The third kappa shape index (κ3) is 2.73. The van der Waals surface area contributed by atoms with E-state index >= 15 is 0 Å². The van der Waals surface area contributed by atoms with Crippen LogP contribution in [0.2, 0.25) is 0 Å². The number of hydrogen-bond donors (Lipinski definition) is 1. The molecule has 0 atom stereocenters. The molecule has 5 nitrogen and oxygen atoms in total. The zero-order valence-electron chi connectivity index (χ0n) is 10.4. The van der Waals surface area contributed by atoms with E-state index in [1.54, 1.807) is 7.11 Å². The molecule has 0 bridgehead atoms. The molecule has 0 spiro atoms. The van der Waals surface area contributed by atoms with Crippen molar-refractivity contribution in [2.45, 2.75) is 13.0 Å². The summed E-state index contributed by atoms with van der Waals surface area (Å²) in [7, 11) is 1.62. The van der Waals surface area contributed by atoms with E-state index < -0.39 is 6.09 Å². The smallest absolute Gasteiger partial charge is 0.407 e. The summed E-state index contributed by atoms with van der Waals surface area (Å²) in [6.45, 7) is 1.93. The van der Waals surface area contributed by atoms with E-state index in [0.29, 0.717) is 26.3 Å². The standard InChI is InChI=1S/C13H17NO4/c1-17-7-8-18-12-4-2-3-10-5-6-14(13(15)16)9-11(10)12/h2-4H,5-9H2,1H3,(H,15,16). The Morgan fingerprint density at radius 3 is 3.00 bits per heavy atom. The van der Waals surface area contributed by atoms with Crippen LogP contribution in [0.1, 0.15) is 11.1 Å². The molecule has 0 aromatic heterocycles. The lowest BCUT2D eigenvalue weighted by Gasteiger charge is -2.27. The van der Waals surface area contributed by atoms with Crippen LogP contribution in [-0.4, -0.2) is 43.0 Å². The molecule has 0 saturated heterocycles. The normalized spacial score (nSPS) is 14.2. The molecular formula is C13H17NO4. The SMILES string of the molecule is COCCOc1cccc2c1CN(C(=O)O)CC2. The molecule has 0 radical (unpaired) electrons. The lowest BCUT2D eigenvalue weighted by atomic mass is 9.99. The molecule has 2 rings (SSSR count). The van der Waals surface area contributed by atoms with E-state index in [1.807, 2.05) is 18.2 Å². The number of hydrogen-bond acceptors (Lipinski definition) is 3. The average molecular weight is 251 g/mol. The predicted molar refractivity (Wildman–Crippen MR) is 66.0 cm³/mol. The van der Waals surface area contributed by atoms with E-state index in [4.69, 9.17) is 14.6 Å². The van der Waals surface area contributed by atoms with Crippen molar-refractivity contribution in [3.05, 3.63) is 29.3 Å². The number of carbonyl (C=O) groups is 1. The Morgan fingerprint density at radius 1 is 1.44 bits per heavy atom. The predicted octanol–water partition coefficient (Wildman–Crippen LogP) is 1.75. The van der Waals surface area contributed by atoms with Crippen molar-refractivity contribution in [1.82, 2.24) is 4.90 Å². The first-order valence-electron chi connectivity index (χ1n) is 5.92. The minimum absolute atomic E-state index is 0.397. The van der Waals surface area contributed by atoms with Gasteiger partial charge in [0.15, 0.2) is 0 Å². The van der Waals surface area contributed by atoms with Crippen molar-refractivity contribution in [2.75, 3.05) is 26.9 Å². The summed E-state index contributed by atoms with van der Waals surface area (Å²) in [5.74, 6) is 0.760. The largest absolute Gasteiger partial charge is 0.491 e. The summed E-state index contributed by atoms with van der Waals surface area (Å²) in [5.41, 5.74) is 2.14. The third-order valence-corrected chi connectivity index (χ3v) is 3.05. The molecule has 0 unspecified atom stereocenters. The molecule has 1 heterocycles. The van der Waals surface area contributed by atoms with Gasteiger partial charge in [-0.05, 0) is 18.1 Å². The second kappa shape index (κ2) is 5.73. The zero-order chi connectivity index (χ0) is 13.0. The van der Waals surface area contributed by atoms with Crippen LogP contribution in [0.3, 0.4) is 0 Å². The highest BCUT2D eigenvalue weighted by Gasteiger charge is 2.22. The van der Waals surface area contributed by atoms with Gasteiger partial charge >= 0.3 is 6.09 Å². The maximum absolute atomic E-state index is 11.0. The Kier molecular flexibility index (Phi) is 4.04. The van der Waals surface area contributed by atoms with E-state index in [1.165, 1.54) is 10.5 Å². The molecule has 0 saturated carbocycles. The molecule has 1 N–H and O–H groups in total. The van der Waals surface area contributed by atoms with Crippen molar-refractivity contribution in [3.8, 4) is 5.75 Å². The number of methoxy groups -OCH3 is 1. The number of nitrogens with zero attached hydrogens (tertiary/aromatic N) is 1. The maximum atomic E-state index is 11.0. The molecule has 1 aromatic rings. The van der Waals surface area contributed by atoms with E-state index in [9.17, 15) is 4.79 Å². The van der Waals surface area contributed by atoms with Gasteiger partial charge in [0.05, 0.1) is 13.2 Å². The zero-order valence-corrected chi connectivity index (χ0v) is 10.4. The van der Waals surface area contributed by atoms with Gasteiger partial charge in [0.1, 0.15) is 12.4 Å². The summed E-state index contributed by atoms with van der Waals surface area (Å²) in [6, 6.07) is 5.84. The van der Waals surface area contributed by atoms with Crippen LogP contribution >= 0.6 is 0 Å². The quantitative estimate of drug-likeness (QED) is 0.828. The number of fused-ring (bicyclic) bond motifs is 1. The summed E-state index contributed by atoms with van der Waals surface area (Å²) < 4.78 is 10.6. The number of amides is 1. The molecule has 1 amide bonds. The van der Waals surface area contributed by atoms with Crippen LogP contribution in [0.15, 0.2) is 18.2 Å². The first-order valence-corrected chi connectivity index (χ1v) is 5.92. The van der Waals surface area contributed by atoms with Crippen LogP contribution in [0, 0.1) is 0 Å². The highest BCUT2D eigenvalue weighted by Crippen LogP contribution is 2.28. The van der Waals surface area contributed by atoms with Crippen molar-refractivity contribution in [1.29, 1.82) is 0 Å². The monoisotopic (exact) mass is 251 g/mol. The molecule has 0 aliphatic carbocycles. The van der Waals surface area contributed by atoms with Crippen LogP contribution < -0.4 is 4.74 Å². The first-order chi connectivity index (χ1) is 8.72. The molecule has 0 fully saturated rings. The topological polar surface area (TPSA) is 59.0 Å². The van der Waals surface area contributed by atoms with Gasteiger partial charge in [-0.15, -0.1) is 0 Å². The molecule has 1 aliphatic heterocycles. The minimum Gasteiger partial charge on any atom is -0.491 e. The van der Waals surface area contributed by atoms with Crippen LogP contribution in [-0.2, 0) is 17.7 Å². The lowest BCUT2D eigenvalue weighted by molar-refractivity contribution is 0.134. The highest BCUT2D eigenvalue weighted by molar-refractivity contribution is 5.66. The van der Waals surface area contributed by atoms with Gasteiger partial charge in [0, 0.05) is 19.2 Å². The molecule has 1 aromatic carbocycles. The van der Waals surface area contributed by atoms with Gasteiger partial charge in [0.25, 0.3) is 0 Å². The van der Waals surface area contributed by atoms with Crippen molar-refractivity contribution in [2.24, 2.45) is 0 Å². The summed E-state index contributed by atoms with van der Waals surface area (Å²) in [4.78, 5) is 12.4. The molecule has 5 heteroatoms. The van der Waals surface area contributed by atoms with Gasteiger partial charge in [-0.1, -0.05) is 12.1 Å². The fraction of sp³-hybridized carbons (Fsp3) is 0.462. The van der Waals surface area contributed by atoms with Gasteiger partial charge in [-0.25, -0.2) is 4.79 Å². The molecular weight excluding hydrogens is 234 g/mol. The number of ether oxygens (including phenoxy) is 2. The Hall–Kier alpha value is -1.75. The van der Waals surface area contributed by atoms with Crippen LogP contribution in [0.25, 0.3) is 0 Å². The van der Waals surface area contributed by atoms with Gasteiger partial charge in [-0.3, -0.25) is 0 Å². The number of rotatable bonds is 4. The van der Waals surface area contributed by atoms with E-state index in [-0.39, 0.29) is 0 Å². The summed E-state index contributed by atoms with van der Waals surface area (Å²) in [5, 5.41) is 9.03. The number of benzene rings is 1. The lowest BCUT2D eigenvalue weighted by Crippen LogP contribution is -2.35. The Bertz CT molecular complexity index is 433. The second-order valence-electron chi connectivity index (χ2n) is 4.19.